The summed E-state index contributed by atoms with van der Waals surface area (Å²) in [4.78, 5) is 24.2. The highest BCUT2D eigenvalue weighted by Crippen LogP contribution is 2.28. The van der Waals surface area contributed by atoms with E-state index in [9.17, 15) is 9.59 Å². The number of hydrogen-bond donors (Lipinski definition) is 1. The van der Waals surface area contributed by atoms with E-state index >= 15 is 0 Å². The molecule has 1 aliphatic rings. The minimum absolute atomic E-state index is 0.269. The van der Waals surface area contributed by atoms with Crippen molar-refractivity contribution < 1.29 is 14.3 Å². The third-order valence-corrected chi connectivity index (χ3v) is 2.60. The van der Waals surface area contributed by atoms with Gasteiger partial charge in [-0.2, -0.15) is 0 Å². The lowest BCUT2D eigenvalue weighted by molar-refractivity contribution is -0.126. The number of nitrogens with zero attached hydrogens (tertiary/aromatic N) is 1. The summed E-state index contributed by atoms with van der Waals surface area (Å²) in [6.45, 7) is 0. The first-order valence-electron chi connectivity index (χ1n) is 4.86. The predicted molar refractivity (Wildman–Crippen MR) is 57.0 cm³/mol. The second-order valence-corrected chi connectivity index (χ2v) is 3.52. The number of imide groups is 1. The molecule has 1 unspecified atom stereocenters. The molecular weight excluding hydrogens is 208 g/mol. The molecule has 1 N–H and O–H groups in total. The van der Waals surface area contributed by atoms with Gasteiger partial charge in [0, 0.05) is 12.6 Å². The maximum Gasteiger partial charge on any atom is 0.324 e. The second kappa shape index (κ2) is 3.84. The summed E-state index contributed by atoms with van der Waals surface area (Å²) in [7, 11) is 2.98. The third-order valence-electron chi connectivity index (χ3n) is 2.60. The molecule has 0 aromatic heterocycles. The lowest BCUT2D eigenvalue weighted by Gasteiger charge is -2.12. The fraction of sp³-hybridized carbons (Fsp3) is 0.273. The van der Waals surface area contributed by atoms with E-state index in [-0.39, 0.29) is 11.9 Å². The van der Waals surface area contributed by atoms with Gasteiger partial charge in [-0.25, -0.2) is 4.79 Å². The van der Waals surface area contributed by atoms with Gasteiger partial charge in [0.15, 0.2) is 0 Å². The number of nitrogens with one attached hydrogen (secondary N) is 1. The first-order valence-corrected chi connectivity index (χ1v) is 4.86. The van der Waals surface area contributed by atoms with E-state index in [1.54, 1.807) is 18.2 Å². The van der Waals surface area contributed by atoms with E-state index in [0.29, 0.717) is 11.3 Å². The Balaban J connectivity index is 2.38. The van der Waals surface area contributed by atoms with E-state index in [1.807, 2.05) is 6.07 Å². The molecule has 0 saturated carbocycles. The molecule has 1 aromatic rings. The number of methoxy groups -OCH3 is 1. The Morgan fingerprint density at radius 3 is 2.56 bits per heavy atom. The standard InChI is InChI=1S/C11H12N2O3/c1-13-10(14)9(12-11(13)15)7-5-3-4-6-8(7)16-2/h3-6,9H,1-2H3,(H,12,15). The average Bonchev–Trinajstić information content (AvgIpc) is 2.57. The fourth-order valence-corrected chi connectivity index (χ4v) is 1.69. The van der Waals surface area contributed by atoms with E-state index in [2.05, 4.69) is 5.32 Å². The molecule has 5 heteroatoms. The number of carbonyl (C=O) groups is 2. The third kappa shape index (κ3) is 1.50. The van der Waals surface area contributed by atoms with Crippen molar-refractivity contribution in [3.63, 3.8) is 0 Å². The molecule has 0 radical (unpaired) electrons. The molecule has 84 valence electrons. The van der Waals surface area contributed by atoms with Gasteiger partial charge < -0.3 is 10.1 Å². The van der Waals surface area contributed by atoms with Crippen LogP contribution in [0.25, 0.3) is 0 Å². The van der Waals surface area contributed by atoms with Crippen LogP contribution < -0.4 is 10.1 Å². The van der Waals surface area contributed by atoms with Gasteiger partial charge in [-0.1, -0.05) is 18.2 Å². The van der Waals surface area contributed by atoms with Crippen molar-refractivity contribution in [1.29, 1.82) is 0 Å². The van der Waals surface area contributed by atoms with Crippen LogP contribution in [-0.4, -0.2) is 31.0 Å². The number of urea groups is 1. The first-order chi connectivity index (χ1) is 7.65. The molecule has 2 rings (SSSR count). The molecule has 1 fully saturated rings. The van der Waals surface area contributed by atoms with Gasteiger partial charge >= 0.3 is 6.03 Å². The Bertz CT molecular complexity index is 445. The SMILES string of the molecule is COc1ccccc1C1NC(=O)N(C)C1=O. The van der Waals surface area contributed by atoms with E-state index in [4.69, 9.17) is 4.74 Å². The van der Waals surface area contributed by atoms with Crippen molar-refractivity contribution in [2.24, 2.45) is 0 Å². The summed E-state index contributed by atoms with van der Waals surface area (Å²) in [6, 6.07) is 6.10. The molecule has 1 heterocycles. The highest BCUT2D eigenvalue weighted by atomic mass is 16.5. The molecule has 1 aliphatic heterocycles. The molecule has 1 saturated heterocycles. The van der Waals surface area contributed by atoms with Crippen LogP contribution >= 0.6 is 0 Å². The van der Waals surface area contributed by atoms with Gasteiger partial charge in [0.25, 0.3) is 5.91 Å². The van der Waals surface area contributed by atoms with E-state index < -0.39 is 6.04 Å². The molecule has 0 spiro atoms. The highest BCUT2D eigenvalue weighted by molar-refractivity contribution is 6.04. The Morgan fingerprint density at radius 2 is 2.00 bits per heavy atom. The van der Waals surface area contributed by atoms with Gasteiger partial charge in [-0.05, 0) is 6.07 Å². The molecule has 1 aromatic carbocycles. The average molecular weight is 220 g/mol. The lowest BCUT2D eigenvalue weighted by atomic mass is 10.1. The summed E-state index contributed by atoms with van der Waals surface area (Å²) < 4.78 is 5.15. The monoisotopic (exact) mass is 220 g/mol. The number of ether oxygens (including phenoxy) is 1. The molecular formula is C11H12N2O3. The zero-order valence-corrected chi connectivity index (χ0v) is 9.06. The summed E-state index contributed by atoms with van der Waals surface area (Å²) in [5.74, 6) is 0.325. The van der Waals surface area contributed by atoms with Gasteiger partial charge in [-0.15, -0.1) is 0 Å². The number of amides is 3. The first kappa shape index (κ1) is 10.5. The lowest BCUT2D eigenvalue weighted by Crippen LogP contribution is -2.25. The number of para-hydroxylation sites is 1. The van der Waals surface area contributed by atoms with Gasteiger partial charge in [0.1, 0.15) is 11.8 Å². The number of carbonyl (C=O) groups excluding carboxylic acids is 2. The van der Waals surface area contributed by atoms with Crippen molar-refractivity contribution in [2.75, 3.05) is 14.2 Å². The van der Waals surface area contributed by atoms with Crippen molar-refractivity contribution >= 4 is 11.9 Å². The van der Waals surface area contributed by atoms with Crippen LogP contribution in [0.2, 0.25) is 0 Å². The number of rotatable bonds is 2. The smallest absolute Gasteiger partial charge is 0.324 e. The zero-order chi connectivity index (χ0) is 11.7. The molecule has 0 aliphatic carbocycles. The summed E-state index contributed by atoms with van der Waals surface area (Å²) in [5.41, 5.74) is 0.674. The van der Waals surface area contributed by atoms with E-state index in [0.717, 1.165) is 4.90 Å². The molecule has 5 nitrogen and oxygen atoms in total. The largest absolute Gasteiger partial charge is 0.496 e. The molecule has 3 amide bonds. The number of likely N-dealkylation sites (N-methyl/N-ethyl adjacent to an activating group) is 1. The van der Waals surface area contributed by atoms with Gasteiger partial charge in [-0.3, -0.25) is 9.69 Å². The van der Waals surface area contributed by atoms with Crippen molar-refractivity contribution in [3.05, 3.63) is 29.8 Å². The number of hydrogen-bond acceptors (Lipinski definition) is 3. The minimum atomic E-state index is -0.645. The Hall–Kier alpha value is -2.04. The highest BCUT2D eigenvalue weighted by Gasteiger charge is 2.37. The van der Waals surface area contributed by atoms with Crippen molar-refractivity contribution in [2.45, 2.75) is 6.04 Å². The molecule has 0 bridgehead atoms. The molecule has 16 heavy (non-hydrogen) atoms. The zero-order valence-electron chi connectivity index (χ0n) is 9.06. The van der Waals surface area contributed by atoms with Crippen molar-refractivity contribution in [1.82, 2.24) is 10.2 Å². The van der Waals surface area contributed by atoms with E-state index in [1.165, 1.54) is 14.2 Å². The quantitative estimate of drug-likeness (QED) is 0.754. The van der Waals surface area contributed by atoms with Crippen LogP contribution in [-0.2, 0) is 4.79 Å². The van der Waals surface area contributed by atoms with Crippen LogP contribution in [0.15, 0.2) is 24.3 Å². The Kier molecular flexibility index (Phi) is 2.52. The normalized spacial score (nSPS) is 19.9. The Labute approximate surface area is 93.0 Å². The maximum atomic E-state index is 11.8. The fourth-order valence-electron chi connectivity index (χ4n) is 1.69. The van der Waals surface area contributed by atoms with Crippen LogP contribution in [0.4, 0.5) is 4.79 Å². The molecule has 1 atom stereocenters. The topological polar surface area (TPSA) is 58.6 Å². The summed E-state index contributed by atoms with van der Waals surface area (Å²) in [6.07, 6.45) is 0. The predicted octanol–water partition coefficient (Wildman–Crippen LogP) is 0.918. The van der Waals surface area contributed by atoms with Gasteiger partial charge in [0.2, 0.25) is 0 Å². The summed E-state index contributed by atoms with van der Waals surface area (Å²) >= 11 is 0. The van der Waals surface area contributed by atoms with Crippen LogP contribution in [0.5, 0.6) is 5.75 Å². The van der Waals surface area contributed by atoms with Crippen LogP contribution in [0.3, 0.4) is 0 Å². The Morgan fingerprint density at radius 1 is 1.31 bits per heavy atom. The number of benzene rings is 1. The van der Waals surface area contributed by atoms with Crippen LogP contribution in [0.1, 0.15) is 11.6 Å². The van der Waals surface area contributed by atoms with Crippen LogP contribution in [0, 0.1) is 0 Å². The second-order valence-electron chi connectivity index (χ2n) is 3.52. The van der Waals surface area contributed by atoms with Crippen molar-refractivity contribution in [3.8, 4) is 5.75 Å². The minimum Gasteiger partial charge on any atom is -0.496 e. The van der Waals surface area contributed by atoms with Gasteiger partial charge in [0.05, 0.1) is 7.11 Å². The summed E-state index contributed by atoms with van der Waals surface area (Å²) in [5, 5.41) is 2.60. The maximum absolute atomic E-state index is 11.8.